The minimum absolute atomic E-state index is 0.252. The van der Waals surface area contributed by atoms with E-state index in [1.165, 1.54) is 4.80 Å². The number of nitrogens with zero attached hydrogens (tertiary/aromatic N) is 3. The van der Waals surface area contributed by atoms with Crippen LogP contribution in [0, 0.1) is 6.92 Å². The van der Waals surface area contributed by atoms with Crippen molar-refractivity contribution in [2.75, 3.05) is 13.2 Å². The Kier molecular flexibility index (Phi) is 4.27. The molecule has 3 aromatic rings. The van der Waals surface area contributed by atoms with Crippen LogP contribution in [-0.4, -0.2) is 40.2 Å². The number of rotatable bonds is 4. The minimum atomic E-state index is -0.285. The van der Waals surface area contributed by atoms with E-state index in [1.54, 1.807) is 6.92 Å². The van der Waals surface area contributed by atoms with E-state index in [9.17, 15) is 4.79 Å². The van der Waals surface area contributed by atoms with E-state index < -0.39 is 0 Å². The molecule has 1 unspecified atom stereocenters. The van der Waals surface area contributed by atoms with Crippen molar-refractivity contribution >= 4 is 5.91 Å². The van der Waals surface area contributed by atoms with Crippen molar-refractivity contribution < 1.29 is 14.3 Å². The third-order valence-electron chi connectivity index (χ3n) is 4.04. The van der Waals surface area contributed by atoms with Gasteiger partial charge in [0, 0.05) is 0 Å². The standard InChI is InChI=1S/C19H18N4O3/c1-13-18(22-23(21-13)14-7-3-2-4-8-14)19(24)20-11-15-12-25-16-9-5-6-10-17(16)26-15/h2-10,15H,11-12H2,1H3,(H,20,24). The Labute approximate surface area is 150 Å². The van der Waals surface area contributed by atoms with Crippen molar-refractivity contribution in [3.8, 4) is 17.2 Å². The quantitative estimate of drug-likeness (QED) is 0.780. The Hall–Kier alpha value is -3.35. The van der Waals surface area contributed by atoms with Crippen LogP contribution < -0.4 is 14.8 Å². The fraction of sp³-hybridized carbons (Fsp3) is 0.211. The highest BCUT2D eigenvalue weighted by Crippen LogP contribution is 2.30. The third kappa shape index (κ3) is 3.23. The molecule has 1 aliphatic rings. The van der Waals surface area contributed by atoms with Gasteiger partial charge in [-0.25, -0.2) is 0 Å². The number of para-hydroxylation sites is 3. The van der Waals surface area contributed by atoms with E-state index in [-0.39, 0.29) is 12.0 Å². The summed E-state index contributed by atoms with van der Waals surface area (Å²) in [6.07, 6.45) is -0.252. The van der Waals surface area contributed by atoms with Crippen LogP contribution in [0.5, 0.6) is 11.5 Å². The lowest BCUT2D eigenvalue weighted by Crippen LogP contribution is -2.41. The van der Waals surface area contributed by atoms with Crippen LogP contribution >= 0.6 is 0 Å². The highest BCUT2D eigenvalue weighted by atomic mass is 16.6. The molecule has 26 heavy (non-hydrogen) atoms. The summed E-state index contributed by atoms with van der Waals surface area (Å²) in [5, 5.41) is 11.5. The van der Waals surface area contributed by atoms with Gasteiger partial charge in [-0.05, 0) is 31.2 Å². The molecular formula is C19H18N4O3. The van der Waals surface area contributed by atoms with Gasteiger partial charge in [0.1, 0.15) is 12.7 Å². The van der Waals surface area contributed by atoms with Crippen molar-refractivity contribution in [3.63, 3.8) is 0 Å². The number of fused-ring (bicyclic) bond motifs is 1. The molecule has 1 aromatic heterocycles. The molecule has 4 rings (SSSR count). The highest BCUT2D eigenvalue weighted by molar-refractivity contribution is 5.93. The van der Waals surface area contributed by atoms with Crippen molar-refractivity contribution in [2.24, 2.45) is 0 Å². The fourth-order valence-electron chi connectivity index (χ4n) is 2.72. The molecule has 7 nitrogen and oxygen atoms in total. The molecule has 0 saturated carbocycles. The lowest BCUT2D eigenvalue weighted by molar-refractivity contribution is 0.0786. The molecule has 0 bridgehead atoms. The van der Waals surface area contributed by atoms with E-state index >= 15 is 0 Å². The van der Waals surface area contributed by atoms with Gasteiger partial charge in [0.05, 0.1) is 17.9 Å². The van der Waals surface area contributed by atoms with Gasteiger partial charge < -0.3 is 14.8 Å². The summed E-state index contributed by atoms with van der Waals surface area (Å²) in [5.41, 5.74) is 1.67. The van der Waals surface area contributed by atoms with Gasteiger partial charge in [-0.15, -0.1) is 5.10 Å². The van der Waals surface area contributed by atoms with Crippen LogP contribution in [0.4, 0.5) is 0 Å². The molecule has 7 heteroatoms. The largest absolute Gasteiger partial charge is 0.486 e. The van der Waals surface area contributed by atoms with Gasteiger partial charge in [0.2, 0.25) is 0 Å². The average molecular weight is 350 g/mol. The lowest BCUT2D eigenvalue weighted by atomic mass is 10.2. The molecule has 2 heterocycles. The zero-order valence-corrected chi connectivity index (χ0v) is 14.3. The summed E-state index contributed by atoms with van der Waals surface area (Å²) in [5.74, 6) is 1.12. The first-order valence-corrected chi connectivity index (χ1v) is 8.37. The van der Waals surface area contributed by atoms with Crippen molar-refractivity contribution in [2.45, 2.75) is 13.0 Å². The number of benzene rings is 2. The summed E-state index contributed by atoms with van der Waals surface area (Å²) >= 11 is 0. The van der Waals surface area contributed by atoms with E-state index in [0.29, 0.717) is 30.3 Å². The zero-order chi connectivity index (χ0) is 17.9. The molecule has 1 amide bonds. The predicted molar refractivity (Wildman–Crippen MR) is 94.8 cm³/mol. The van der Waals surface area contributed by atoms with Crippen LogP contribution in [0.1, 0.15) is 16.2 Å². The van der Waals surface area contributed by atoms with Gasteiger partial charge in [-0.2, -0.15) is 9.90 Å². The van der Waals surface area contributed by atoms with E-state index in [2.05, 4.69) is 15.5 Å². The van der Waals surface area contributed by atoms with Crippen molar-refractivity contribution in [1.29, 1.82) is 0 Å². The number of aryl methyl sites for hydroxylation is 1. The Morgan fingerprint density at radius 2 is 1.85 bits per heavy atom. The summed E-state index contributed by atoms with van der Waals surface area (Å²) in [4.78, 5) is 13.9. The number of hydrogen-bond acceptors (Lipinski definition) is 5. The number of carbonyl (C=O) groups is 1. The van der Waals surface area contributed by atoms with E-state index in [1.807, 2.05) is 54.6 Å². The molecule has 2 aromatic carbocycles. The Balaban J connectivity index is 1.41. The maximum Gasteiger partial charge on any atom is 0.273 e. The maximum atomic E-state index is 12.5. The molecular weight excluding hydrogens is 332 g/mol. The Morgan fingerprint density at radius 1 is 1.12 bits per heavy atom. The highest BCUT2D eigenvalue weighted by Gasteiger charge is 2.23. The molecule has 0 spiro atoms. The fourth-order valence-corrected chi connectivity index (χ4v) is 2.72. The lowest BCUT2D eigenvalue weighted by Gasteiger charge is -2.26. The number of nitrogens with one attached hydrogen (secondary N) is 1. The first kappa shape index (κ1) is 16.1. The van der Waals surface area contributed by atoms with Gasteiger partial charge >= 0.3 is 0 Å². The molecule has 0 aliphatic carbocycles. The van der Waals surface area contributed by atoms with Gasteiger partial charge in [-0.3, -0.25) is 4.79 Å². The van der Waals surface area contributed by atoms with E-state index in [0.717, 1.165) is 11.4 Å². The monoisotopic (exact) mass is 350 g/mol. The first-order valence-electron chi connectivity index (χ1n) is 8.37. The molecule has 0 saturated heterocycles. The normalized spacial score (nSPS) is 15.5. The summed E-state index contributed by atoms with van der Waals surface area (Å²) in [6, 6.07) is 16.9. The third-order valence-corrected chi connectivity index (χ3v) is 4.04. The van der Waals surface area contributed by atoms with Crippen LogP contribution in [0.15, 0.2) is 54.6 Å². The summed E-state index contributed by atoms with van der Waals surface area (Å²) < 4.78 is 11.5. The molecule has 1 atom stereocenters. The van der Waals surface area contributed by atoms with Crippen molar-refractivity contribution in [3.05, 3.63) is 66.0 Å². The number of amides is 1. The topological polar surface area (TPSA) is 78.3 Å². The predicted octanol–water partition coefficient (Wildman–Crippen LogP) is 2.15. The van der Waals surface area contributed by atoms with Crippen LogP contribution in [0.25, 0.3) is 5.69 Å². The summed E-state index contributed by atoms with van der Waals surface area (Å²) in [7, 11) is 0. The van der Waals surface area contributed by atoms with Crippen LogP contribution in [0.2, 0.25) is 0 Å². The zero-order valence-electron chi connectivity index (χ0n) is 14.3. The number of carbonyl (C=O) groups excluding carboxylic acids is 1. The van der Waals surface area contributed by atoms with Gasteiger partial charge in [-0.1, -0.05) is 30.3 Å². The average Bonchev–Trinajstić information content (AvgIpc) is 3.08. The van der Waals surface area contributed by atoms with Gasteiger partial charge in [0.25, 0.3) is 5.91 Å². The Bertz CT molecular complexity index is 924. The smallest absolute Gasteiger partial charge is 0.273 e. The molecule has 1 aliphatic heterocycles. The van der Waals surface area contributed by atoms with Gasteiger partial charge in [0.15, 0.2) is 17.2 Å². The molecule has 132 valence electrons. The SMILES string of the molecule is Cc1nn(-c2ccccc2)nc1C(=O)NCC1COc2ccccc2O1. The number of aromatic nitrogens is 3. The molecule has 0 fully saturated rings. The summed E-state index contributed by atoms with van der Waals surface area (Å²) in [6.45, 7) is 2.47. The Morgan fingerprint density at radius 3 is 2.65 bits per heavy atom. The second-order valence-corrected chi connectivity index (χ2v) is 5.97. The minimum Gasteiger partial charge on any atom is -0.486 e. The second kappa shape index (κ2) is 6.87. The van der Waals surface area contributed by atoms with Crippen LogP contribution in [-0.2, 0) is 0 Å². The van der Waals surface area contributed by atoms with Crippen molar-refractivity contribution in [1.82, 2.24) is 20.3 Å². The van der Waals surface area contributed by atoms with E-state index in [4.69, 9.17) is 9.47 Å². The maximum absolute atomic E-state index is 12.5. The number of ether oxygens (including phenoxy) is 2. The molecule has 0 radical (unpaired) electrons. The molecule has 1 N–H and O–H groups in total. The van der Waals surface area contributed by atoms with Crippen LogP contribution in [0.3, 0.4) is 0 Å². The second-order valence-electron chi connectivity index (χ2n) is 5.97. The number of hydrogen-bond donors (Lipinski definition) is 1. The first-order chi connectivity index (χ1) is 12.7.